The van der Waals surface area contributed by atoms with E-state index in [0.717, 1.165) is 0 Å². The Morgan fingerprint density at radius 1 is 1.38 bits per heavy atom. The normalized spacial score (nSPS) is 10.9. The number of carboxylic acid groups (broad SMARTS) is 1. The lowest BCUT2D eigenvalue weighted by atomic mass is 10.1. The molecule has 0 radical (unpaired) electrons. The van der Waals surface area contributed by atoms with Gasteiger partial charge in [0, 0.05) is 12.7 Å². The van der Waals surface area contributed by atoms with Crippen LogP contribution in [-0.2, 0) is 11.3 Å². The first-order valence-electron chi connectivity index (χ1n) is 8.90. The SMILES string of the molecule is COCc1c([N+](=O)[O-])c(/C=C/c2ccc(-c3ccc(Cl)c(C(=O)O)c3)o2)[nH]c(=O)c1C#N. The molecule has 0 fully saturated rings. The van der Waals surface area contributed by atoms with Crippen molar-refractivity contribution in [2.75, 3.05) is 7.11 Å². The minimum Gasteiger partial charge on any atom is -0.478 e. The lowest BCUT2D eigenvalue weighted by Gasteiger charge is -2.06. The summed E-state index contributed by atoms with van der Waals surface area (Å²) >= 11 is 5.88. The number of aromatic nitrogens is 1. The van der Waals surface area contributed by atoms with Gasteiger partial charge in [0.05, 0.1) is 27.7 Å². The highest BCUT2D eigenvalue weighted by molar-refractivity contribution is 6.33. The van der Waals surface area contributed by atoms with Crippen molar-refractivity contribution in [1.29, 1.82) is 5.26 Å². The lowest BCUT2D eigenvalue weighted by molar-refractivity contribution is -0.386. The van der Waals surface area contributed by atoms with Gasteiger partial charge in [-0.1, -0.05) is 11.6 Å². The molecule has 3 aromatic rings. The van der Waals surface area contributed by atoms with E-state index in [4.69, 9.17) is 20.8 Å². The number of methoxy groups -OCH3 is 1. The van der Waals surface area contributed by atoms with Gasteiger partial charge in [0.25, 0.3) is 11.2 Å². The molecule has 0 unspecified atom stereocenters. The average molecular weight is 456 g/mol. The van der Waals surface area contributed by atoms with E-state index in [1.54, 1.807) is 24.3 Å². The van der Waals surface area contributed by atoms with Crippen LogP contribution in [0.3, 0.4) is 0 Å². The third kappa shape index (κ3) is 4.44. The second-order valence-electron chi connectivity index (χ2n) is 6.41. The summed E-state index contributed by atoms with van der Waals surface area (Å²) in [5.41, 5.74) is -1.54. The number of halogens is 1. The number of furan rings is 1. The highest BCUT2D eigenvalue weighted by Gasteiger charge is 2.25. The van der Waals surface area contributed by atoms with Crippen LogP contribution in [0.15, 0.2) is 39.5 Å². The number of ether oxygens (including phenoxy) is 1. The van der Waals surface area contributed by atoms with Crippen molar-refractivity contribution in [3.05, 3.63) is 84.0 Å². The van der Waals surface area contributed by atoms with E-state index in [9.17, 15) is 30.1 Å². The summed E-state index contributed by atoms with van der Waals surface area (Å²) in [5.74, 6) is -0.571. The number of nitriles is 1. The van der Waals surface area contributed by atoms with Crippen LogP contribution in [0.25, 0.3) is 23.5 Å². The lowest BCUT2D eigenvalue weighted by Crippen LogP contribution is -2.18. The molecule has 0 bridgehead atoms. The van der Waals surface area contributed by atoms with Crippen LogP contribution in [0.1, 0.15) is 32.9 Å². The van der Waals surface area contributed by atoms with E-state index in [-0.39, 0.29) is 34.2 Å². The molecule has 2 heterocycles. The molecule has 0 amide bonds. The fourth-order valence-corrected chi connectivity index (χ4v) is 3.20. The van der Waals surface area contributed by atoms with Crippen LogP contribution < -0.4 is 5.56 Å². The van der Waals surface area contributed by atoms with E-state index in [1.807, 2.05) is 0 Å². The smallest absolute Gasteiger partial charge is 0.337 e. The van der Waals surface area contributed by atoms with Crippen molar-refractivity contribution in [3.63, 3.8) is 0 Å². The van der Waals surface area contributed by atoms with Crippen molar-refractivity contribution < 1.29 is 24.0 Å². The summed E-state index contributed by atoms with van der Waals surface area (Å²) in [5, 5.41) is 30.1. The Morgan fingerprint density at radius 3 is 2.75 bits per heavy atom. The van der Waals surface area contributed by atoms with Crippen LogP contribution in [-0.4, -0.2) is 28.1 Å². The molecule has 10 nitrogen and oxygen atoms in total. The van der Waals surface area contributed by atoms with Gasteiger partial charge in [0.1, 0.15) is 28.8 Å². The maximum atomic E-state index is 12.2. The maximum Gasteiger partial charge on any atom is 0.337 e. The molecule has 0 aliphatic rings. The quantitative estimate of drug-likeness (QED) is 0.398. The first-order valence-corrected chi connectivity index (χ1v) is 9.28. The second-order valence-corrected chi connectivity index (χ2v) is 6.81. The van der Waals surface area contributed by atoms with Gasteiger partial charge in [0.15, 0.2) is 0 Å². The number of nitrogens with one attached hydrogen (secondary N) is 1. The Labute approximate surface area is 185 Å². The minimum atomic E-state index is -1.19. The number of nitrogens with zero attached hydrogens (tertiary/aromatic N) is 2. The highest BCUT2D eigenvalue weighted by atomic mass is 35.5. The zero-order chi connectivity index (χ0) is 23.4. The fraction of sp³-hybridized carbons (Fsp3) is 0.0952. The van der Waals surface area contributed by atoms with Crippen LogP contribution in [0.5, 0.6) is 0 Å². The first-order chi connectivity index (χ1) is 15.3. The predicted octanol–water partition coefficient (Wildman–Crippen LogP) is 4.08. The summed E-state index contributed by atoms with van der Waals surface area (Å²) in [6.45, 7) is -0.294. The number of rotatable bonds is 7. The third-order valence-electron chi connectivity index (χ3n) is 4.42. The standard InChI is InChI=1S/C21H14ClN3O7/c1-31-10-15-14(9-23)20(26)24-17(19(15)25(29)30)6-3-12-4-7-18(32-12)11-2-5-16(22)13(8-11)21(27)28/h2-8H,10H2,1H3,(H,24,26)(H,27,28)/b6-3+. The molecule has 0 saturated heterocycles. The van der Waals surface area contributed by atoms with Crippen molar-refractivity contribution in [2.24, 2.45) is 0 Å². The number of hydrogen-bond donors (Lipinski definition) is 2. The van der Waals surface area contributed by atoms with Gasteiger partial charge < -0.3 is 19.2 Å². The Kier molecular flexibility index (Phi) is 6.53. The van der Waals surface area contributed by atoms with Crippen LogP contribution in [0.2, 0.25) is 5.02 Å². The summed E-state index contributed by atoms with van der Waals surface area (Å²) in [7, 11) is 1.29. The number of carbonyl (C=O) groups is 1. The van der Waals surface area contributed by atoms with E-state index in [2.05, 4.69) is 4.98 Å². The average Bonchev–Trinajstić information content (AvgIpc) is 3.21. The molecule has 0 atom stereocenters. The number of hydrogen-bond acceptors (Lipinski definition) is 7. The molecule has 11 heteroatoms. The van der Waals surface area contributed by atoms with Gasteiger partial charge in [-0.25, -0.2) is 4.79 Å². The number of H-pyrrole nitrogens is 1. The second kappa shape index (κ2) is 9.30. The summed E-state index contributed by atoms with van der Waals surface area (Å²) in [6, 6.07) is 9.18. The van der Waals surface area contributed by atoms with Crippen LogP contribution in [0.4, 0.5) is 5.69 Å². The Bertz CT molecular complexity index is 1350. The molecule has 1 aromatic carbocycles. The summed E-state index contributed by atoms with van der Waals surface area (Å²) in [6.07, 6.45) is 2.66. The van der Waals surface area contributed by atoms with E-state index >= 15 is 0 Å². The highest BCUT2D eigenvalue weighted by Crippen LogP contribution is 2.29. The molecule has 2 N–H and O–H groups in total. The van der Waals surface area contributed by atoms with E-state index < -0.39 is 27.7 Å². The topological polar surface area (TPSA) is 159 Å². The van der Waals surface area contributed by atoms with Crippen LogP contribution in [0, 0.1) is 21.4 Å². The van der Waals surface area contributed by atoms with E-state index in [1.165, 1.54) is 31.4 Å². The molecule has 162 valence electrons. The van der Waals surface area contributed by atoms with Gasteiger partial charge in [-0.05, 0) is 42.5 Å². The predicted molar refractivity (Wildman–Crippen MR) is 114 cm³/mol. The fourth-order valence-electron chi connectivity index (χ4n) is 3.00. The van der Waals surface area contributed by atoms with Gasteiger partial charge in [-0.2, -0.15) is 5.26 Å². The monoisotopic (exact) mass is 455 g/mol. The van der Waals surface area contributed by atoms with Crippen molar-refractivity contribution in [2.45, 2.75) is 6.61 Å². The van der Waals surface area contributed by atoms with Gasteiger partial charge in [-0.3, -0.25) is 14.9 Å². The number of benzene rings is 1. The number of aromatic carboxylic acids is 1. The Hall–Kier alpha value is -4.20. The Morgan fingerprint density at radius 2 is 2.12 bits per heavy atom. The maximum absolute atomic E-state index is 12.2. The van der Waals surface area contributed by atoms with Gasteiger partial charge in [-0.15, -0.1) is 0 Å². The molecule has 32 heavy (non-hydrogen) atoms. The third-order valence-corrected chi connectivity index (χ3v) is 4.75. The summed E-state index contributed by atoms with van der Waals surface area (Å²) in [4.78, 5) is 36.7. The van der Waals surface area contributed by atoms with Gasteiger partial charge in [0.2, 0.25) is 0 Å². The number of nitro groups is 1. The van der Waals surface area contributed by atoms with E-state index in [0.29, 0.717) is 11.3 Å². The minimum absolute atomic E-state index is 0.0804. The first kappa shape index (κ1) is 22.5. The van der Waals surface area contributed by atoms with Crippen molar-refractivity contribution in [3.8, 4) is 17.4 Å². The molecular weight excluding hydrogens is 442 g/mol. The van der Waals surface area contributed by atoms with Crippen molar-refractivity contribution in [1.82, 2.24) is 4.98 Å². The number of aromatic amines is 1. The van der Waals surface area contributed by atoms with Gasteiger partial charge >= 0.3 is 5.97 Å². The zero-order valence-electron chi connectivity index (χ0n) is 16.4. The molecule has 3 rings (SSSR count). The molecule has 0 saturated carbocycles. The molecule has 2 aromatic heterocycles. The zero-order valence-corrected chi connectivity index (χ0v) is 17.2. The molecule has 0 aliphatic heterocycles. The Balaban J connectivity index is 2.01. The van der Waals surface area contributed by atoms with Crippen LogP contribution >= 0.6 is 11.6 Å². The summed E-state index contributed by atoms with van der Waals surface area (Å²) < 4.78 is 10.6. The van der Waals surface area contributed by atoms with Crippen molar-refractivity contribution >= 4 is 35.4 Å². The molecule has 0 spiro atoms. The number of pyridine rings is 1. The molecule has 0 aliphatic carbocycles. The molecular formula is C21H14ClN3O7. The number of carboxylic acids is 1. The largest absolute Gasteiger partial charge is 0.478 e.